The summed E-state index contributed by atoms with van der Waals surface area (Å²) in [5.74, 6) is -6.28. The zero-order chi connectivity index (χ0) is 85.4. The van der Waals surface area contributed by atoms with Crippen LogP contribution in [0.5, 0.6) is 11.5 Å². The first-order chi connectivity index (χ1) is 50.7. The van der Waals surface area contributed by atoms with Crippen molar-refractivity contribution in [1.82, 2.24) is 0 Å². The van der Waals surface area contributed by atoms with Crippen LogP contribution in [0.2, 0.25) is 10.0 Å². The highest BCUT2D eigenvalue weighted by atomic mass is 35.5. The summed E-state index contributed by atoms with van der Waals surface area (Å²) in [6.45, 7) is 8.72. The Hall–Kier alpha value is -10.6. The van der Waals surface area contributed by atoms with Gasteiger partial charge in [-0.1, -0.05) is 47.5 Å². The van der Waals surface area contributed by atoms with Gasteiger partial charge in [0.25, 0.3) is 0 Å². The maximum atomic E-state index is 12.4. The van der Waals surface area contributed by atoms with E-state index in [0.29, 0.717) is 34.8 Å². The predicted octanol–water partition coefficient (Wildman–Crippen LogP) is 18.0. The predicted molar refractivity (Wildman–Crippen MR) is 346 cm³/mol. The molecule has 111 heavy (non-hydrogen) atoms. The summed E-state index contributed by atoms with van der Waals surface area (Å²) in [5, 5.41) is -0.0157. The number of methoxy groups -OCH3 is 3. The monoisotopic (exact) mass is 1660 g/mol. The second kappa shape index (κ2) is 40.9. The van der Waals surface area contributed by atoms with Gasteiger partial charge in [-0.2, -0.15) is 72.6 Å². The first kappa shape index (κ1) is 96.5. The van der Waals surface area contributed by atoms with Gasteiger partial charge in [0.15, 0.2) is 5.78 Å². The number of Topliss-reactive ketones (excluding diaryl/α,β-unsaturated/α-hetero) is 1. The number of hydrogen-bond donors (Lipinski definition) is 0. The van der Waals surface area contributed by atoms with E-state index in [9.17, 15) is 131 Å². The summed E-state index contributed by atoms with van der Waals surface area (Å²) in [6.07, 6.45) is -33.5. The third-order valence-corrected chi connectivity index (χ3v) is 12.7. The van der Waals surface area contributed by atoms with Crippen molar-refractivity contribution < 1.29 is 174 Å². The van der Waals surface area contributed by atoms with Gasteiger partial charge in [0.05, 0.1) is 82.3 Å². The average molecular weight is 1670 g/mol. The SMILES string of the molecule is CC(=O)N(OC(F)(F)F)c1cc(C)ccc1Cl.CC(=O)N(OC(F)(F)F)c1ccc2c(c1Cl)N=CCC2=O.CC(=O)N(OC(F)(F)F)c1cccc(C(F)(F)F)c1.COC(=O)c1cccc(N(OC(F)(F)F)C(C)=O)c1.COc1cc(C)cc(N(OC(F)(F)F)C(C)=O)c1.COc1cccc(N(OC(F)(F)F)C(C)=O)c1. The van der Waals surface area contributed by atoms with Crippen molar-refractivity contribution >= 4 is 116 Å². The van der Waals surface area contributed by atoms with Gasteiger partial charge in [0.1, 0.15) is 11.5 Å². The van der Waals surface area contributed by atoms with E-state index in [0.717, 1.165) is 72.9 Å². The lowest BCUT2D eigenvalue weighted by molar-refractivity contribution is -0.327. The van der Waals surface area contributed by atoms with Crippen LogP contribution in [0.1, 0.15) is 85.4 Å². The fourth-order valence-corrected chi connectivity index (χ4v) is 8.42. The van der Waals surface area contributed by atoms with Crippen molar-refractivity contribution in [3.63, 3.8) is 0 Å². The lowest BCUT2D eigenvalue weighted by Crippen LogP contribution is -2.35. The average Bonchev–Trinajstić information content (AvgIpc) is 0.781. The second-order valence-corrected chi connectivity index (χ2v) is 21.6. The van der Waals surface area contributed by atoms with Gasteiger partial charge in [-0.3, -0.25) is 38.6 Å². The molecule has 1 aliphatic heterocycles. The van der Waals surface area contributed by atoms with Crippen molar-refractivity contribution in [2.45, 2.75) is 106 Å². The lowest BCUT2D eigenvalue weighted by Gasteiger charge is -2.23. The number of nitrogens with zero attached hydrogens (tertiary/aromatic N) is 7. The maximum absolute atomic E-state index is 12.4. The summed E-state index contributed by atoms with van der Waals surface area (Å²) in [5.41, 5.74) is -1.19. The van der Waals surface area contributed by atoms with E-state index in [2.05, 4.69) is 38.8 Å². The molecule has 0 atom stereocenters. The molecule has 0 unspecified atom stereocenters. The largest absolute Gasteiger partial charge is 0.544 e. The van der Waals surface area contributed by atoms with Gasteiger partial charge in [-0.25, -0.2) is 4.79 Å². The van der Waals surface area contributed by atoms with Crippen LogP contribution in [0.4, 0.5) is 132 Å². The number of ether oxygens (including phenoxy) is 3. The molecule has 0 radical (unpaired) electrons. The Balaban J connectivity index is 0.000000453. The molecule has 0 saturated heterocycles. The second-order valence-electron chi connectivity index (χ2n) is 20.8. The molecular weight excluding hydrogens is 1610 g/mol. The van der Waals surface area contributed by atoms with Crippen LogP contribution in [0, 0.1) is 13.8 Å². The quantitative estimate of drug-likeness (QED) is 0.0526. The van der Waals surface area contributed by atoms with Crippen LogP contribution in [0.3, 0.4) is 0 Å². The topological polar surface area (TPSA) is 251 Å². The molecule has 0 N–H and O–H groups in total. The van der Waals surface area contributed by atoms with Crippen LogP contribution >= 0.6 is 23.2 Å². The minimum Gasteiger partial charge on any atom is -0.497 e. The number of fused-ring (bicyclic) bond motifs is 1. The van der Waals surface area contributed by atoms with E-state index >= 15 is 0 Å². The zero-order valence-corrected chi connectivity index (χ0v) is 59.6. The number of anilines is 6. The van der Waals surface area contributed by atoms with Gasteiger partial charge >= 0.3 is 50.3 Å². The molecule has 24 nitrogen and oxygen atoms in total. The molecule has 0 aliphatic carbocycles. The minimum absolute atomic E-state index is 0.00276. The Morgan fingerprint density at radius 3 is 1.18 bits per heavy atom. The molecule has 6 aromatic carbocycles. The molecule has 1 aliphatic rings. The van der Waals surface area contributed by atoms with E-state index in [1.165, 1.54) is 93.2 Å². The van der Waals surface area contributed by atoms with E-state index in [1.807, 2.05) is 0 Å². The van der Waals surface area contributed by atoms with Gasteiger partial charge in [-0.15, -0.1) is 79.0 Å². The fraction of sp³-hybridized carbons (Fsp3) is 0.297. The number of carbonyl (C=O) groups excluding carboxylic acids is 8. The normalized spacial score (nSPS) is 11.9. The molecule has 7 rings (SSSR count). The van der Waals surface area contributed by atoms with Crippen LogP contribution in [-0.4, -0.2) is 113 Å². The van der Waals surface area contributed by atoms with E-state index < -0.39 is 97.0 Å². The van der Waals surface area contributed by atoms with E-state index in [-0.39, 0.29) is 97.9 Å². The first-order valence-electron chi connectivity index (χ1n) is 29.4. The van der Waals surface area contributed by atoms with Crippen molar-refractivity contribution in [3.8, 4) is 11.5 Å². The molecule has 6 aromatic rings. The van der Waals surface area contributed by atoms with Crippen molar-refractivity contribution in [2.24, 2.45) is 4.99 Å². The Morgan fingerprint density at radius 1 is 0.396 bits per heavy atom. The minimum atomic E-state index is -5.19. The first-order valence-corrected chi connectivity index (χ1v) is 30.2. The summed E-state index contributed by atoms with van der Waals surface area (Å²) in [4.78, 5) is 115. The molecule has 610 valence electrons. The number of hydrogen-bond acceptors (Lipinski definition) is 18. The fourth-order valence-electron chi connectivity index (χ4n) is 7.94. The molecular formula is C64H56Cl2F21N7O17. The number of esters is 1. The molecule has 0 aromatic heterocycles. The molecule has 6 amide bonds. The summed E-state index contributed by atoms with van der Waals surface area (Å²) in [6, 6.07) is 24.2. The smallest absolute Gasteiger partial charge is 0.497 e. The number of aliphatic imine (C=N–C) groups is 1. The van der Waals surface area contributed by atoms with Crippen LogP contribution in [0.15, 0.2) is 126 Å². The van der Waals surface area contributed by atoms with Gasteiger partial charge in [0.2, 0.25) is 35.4 Å². The van der Waals surface area contributed by atoms with Crippen LogP contribution < -0.4 is 39.9 Å². The molecule has 47 heteroatoms. The van der Waals surface area contributed by atoms with Crippen molar-refractivity contribution in [1.29, 1.82) is 0 Å². The third kappa shape index (κ3) is 34.5. The Kier molecular flexibility index (Phi) is 35.6. The number of aryl methyl sites for hydroxylation is 2. The van der Waals surface area contributed by atoms with Gasteiger partial charge in [-0.05, 0) is 110 Å². The van der Waals surface area contributed by atoms with E-state index in [1.54, 1.807) is 26.0 Å². The molecule has 0 saturated carbocycles. The zero-order valence-electron chi connectivity index (χ0n) is 58.1. The molecule has 0 spiro atoms. The number of amides is 6. The molecule has 0 bridgehead atoms. The van der Waals surface area contributed by atoms with Crippen molar-refractivity contribution in [2.75, 3.05) is 51.7 Å². The third-order valence-electron chi connectivity index (χ3n) is 12.0. The summed E-state index contributed by atoms with van der Waals surface area (Å²) >= 11 is 11.7. The summed E-state index contributed by atoms with van der Waals surface area (Å²) in [7, 11) is 3.87. The Morgan fingerprint density at radius 2 is 0.775 bits per heavy atom. The maximum Gasteiger partial charge on any atom is 0.544 e. The number of rotatable bonds is 15. The summed E-state index contributed by atoms with van der Waals surface area (Å²) < 4.78 is 270. The Labute approximate surface area is 622 Å². The number of halogens is 23. The lowest BCUT2D eigenvalue weighted by atomic mass is 10.0. The van der Waals surface area contributed by atoms with Crippen LogP contribution in [-0.2, 0) is 68.7 Å². The standard InChI is InChI=1S/C12H8ClF3N2O3.C11H10F3NO4.C11H12F3NO3.C10H9ClF3NO2.C10H7F6NO2.C10H10F3NO3/c1-6(19)18(21-12(14,15)16)8-3-2-7-9(20)4-5-17-11(7)10(8)13;1-7(16)15(19-11(12,13)14)9-5-3-4-8(6-9)10(17)18-2;1-7-4-9(6-10(5-7)17-3)15(8(2)16)18-11(12,13)14;1-6-3-4-8(11)9(5-6)15(7(2)16)17-10(12,13)14;1-6(18)17(19-10(14,15)16)8-4-2-3-7(5-8)9(11,12)13;1-7(15)14(17-10(11,12)13)8-4-3-5-9(6-8)16-2/h2-3,5H,4H2,1H3;3-6H,1-2H3;4-6H,1-3H3;3-5H,1-2H3;2-5H,1H3;3-6H,1-2H3. The number of alkyl halides is 21. The highest BCUT2D eigenvalue weighted by molar-refractivity contribution is 6.37. The number of benzene rings is 6. The highest BCUT2D eigenvalue weighted by Crippen LogP contribution is 2.42. The van der Waals surface area contributed by atoms with Crippen molar-refractivity contribution in [3.05, 3.63) is 159 Å². The van der Waals surface area contributed by atoms with E-state index in [4.69, 9.17) is 32.7 Å². The van der Waals surface area contributed by atoms with Gasteiger partial charge < -0.3 is 14.2 Å². The Bertz CT molecular complexity index is 4260. The number of hydroxylamine groups is 6. The number of ketones is 1. The van der Waals surface area contributed by atoms with Crippen LogP contribution in [0.25, 0.3) is 0 Å². The highest BCUT2D eigenvalue weighted by Gasteiger charge is 2.42. The van der Waals surface area contributed by atoms with Gasteiger partial charge in [0, 0.05) is 71.9 Å². The molecule has 0 fully saturated rings. The number of carbonyl (C=O) groups is 8. The molecule has 1 heterocycles.